The van der Waals surface area contributed by atoms with Gasteiger partial charge in [0, 0.05) is 32.1 Å². The van der Waals surface area contributed by atoms with E-state index in [1.807, 2.05) is 18.2 Å². The highest BCUT2D eigenvalue weighted by atomic mass is 16.5. The normalized spacial score (nSPS) is 21.5. The summed E-state index contributed by atoms with van der Waals surface area (Å²) in [5.74, 6) is 2.71. The van der Waals surface area contributed by atoms with Gasteiger partial charge in [-0.1, -0.05) is 11.2 Å². The quantitative estimate of drug-likeness (QED) is 0.816. The molecule has 1 aliphatic heterocycles. The van der Waals surface area contributed by atoms with E-state index in [1.54, 1.807) is 7.11 Å². The van der Waals surface area contributed by atoms with Gasteiger partial charge in [-0.3, -0.25) is 9.80 Å². The molecule has 0 spiro atoms. The average molecular weight is 353 g/mol. The molecule has 1 aromatic heterocycles. The van der Waals surface area contributed by atoms with Gasteiger partial charge in [-0.15, -0.1) is 0 Å². The molecule has 1 aliphatic carbocycles. The fourth-order valence-electron chi connectivity index (χ4n) is 3.41. The van der Waals surface area contributed by atoms with Crippen molar-refractivity contribution in [2.24, 2.45) is 0 Å². The first kappa shape index (κ1) is 17.0. The maximum absolute atomic E-state index is 9.13. The lowest BCUT2D eigenvalue weighted by molar-refractivity contribution is 0.0714. The minimum absolute atomic E-state index is 0.115. The van der Waals surface area contributed by atoms with Crippen molar-refractivity contribution in [2.45, 2.75) is 31.3 Å². The van der Waals surface area contributed by atoms with E-state index in [-0.39, 0.29) is 6.04 Å². The maximum atomic E-state index is 9.13. The van der Waals surface area contributed by atoms with Gasteiger partial charge < -0.3 is 9.26 Å². The summed E-state index contributed by atoms with van der Waals surface area (Å²) < 4.78 is 10.9. The molecular formula is C19H23N5O2. The number of nitrogens with zero attached hydrogens (tertiary/aromatic N) is 5. The Balaban J connectivity index is 1.46. The van der Waals surface area contributed by atoms with Gasteiger partial charge in [0.05, 0.1) is 12.7 Å². The highest BCUT2D eigenvalue weighted by Gasteiger charge is 2.33. The Kier molecular flexibility index (Phi) is 4.62. The topological polar surface area (TPSA) is 78.4 Å². The van der Waals surface area contributed by atoms with Crippen LogP contribution in [0.25, 0.3) is 0 Å². The fourth-order valence-corrected chi connectivity index (χ4v) is 3.41. The molecule has 4 rings (SSSR count). The first-order valence-electron chi connectivity index (χ1n) is 9.01. The number of piperazine rings is 1. The van der Waals surface area contributed by atoms with Gasteiger partial charge in [0.15, 0.2) is 5.82 Å². The summed E-state index contributed by atoms with van der Waals surface area (Å²) in [7, 11) is 3.70. The Morgan fingerprint density at radius 2 is 2.19 bits per heavy atom. The van der Waals surface area contributed by atoms with Crippen molar-refractivity contribution in [3.63, 3.8) is 0 Å². The third-order valence-electron chi connectivity index (χ3n) is 5.21. The number of methoxy groups -OCH3 is 1. The molecule has 0 N–H and O–H groups in total. The lowest BCUT2D eigenvalue weighted by Gasteiger charge is -2.37. The zero-order valence-corrected chi connectivity index (χ0v) is 15.2. The number of ether oxygens (including phenoxy) is 1. The van der Waals surface area contributed by atoms with Gasteiger partial charge in [-0.25, -0.2) is 0 Å². The molecule has 26 heavy (non-hydrogen) atoms. The van der Waals surface area contributed by atoms with Crippen LogP contribution in [0, 0.1) is 11.3 Å². The standard InChI is InChI=1S/C19H23N5O2/c1-23-7-8-24(11-13-3-4-15(10-20)17(9-13)25-2)12-16(23)19-21-18(22-26-19)14-5-6-14/h3-4,9,14,16H,5-8,11-12H2,1-2H3. The summed E-state index contributed by atoms with van der Waals surface area (Å²) in [4.78, 5) is 9.29. The summed E-state index contributed by atoms with van der Waals surface area (Å²) in [6.45, 7) is 3.55. The Bertz CT molecular complexity index is 824. The molecule has 0 amide bonds. The number of aromatic nitrogens is 2. The van der Waals surface area contributed by atoms with Crippen molar-refractivity contribution in [3.8, 4) is 11.8 Å². The number of benzene rings is 1. The van der Waals surface area contributed by atoms with Gasteiger partial charge in [-0.2, -0.15) is 10.2 Å². The van der Waals surface area contributed by atoms with Gasteiger partial charge in [0.2, 0.25) is 5.89 Å². The number of likely N-dealkylation sites (N-methyl/N-ethyl adjacent to an activating group) is 1. The second-order valence-corrected chi connectivity index (χ2v) is 7.14. The second kappa shape index (κ2) is 7.06. The Labute approximate surface area is 153 Å². The van der Waals surface area contributed by atoms with E-state index < -0.39 is 0 Å². The van der Waals surface area contributed by atoms with Crippen LogP contribution in [0.15, 0.2) is 22.7 Å². The number of rotatable bonds is 5. The zero-order chi connectivity index (χ0) is 18.1. The molecule has 0 radical (unpaired) electrons. The Hall–Kier alpha value is -2.43. The van der Waals surface area contributed by atoms with Crippen LogP contribution in [0.4, 0.5) is 0 Å². The lowest BCUT2D eigenvalue weighted by atomic mass is 10.1. The van der Waals surface area contributed by atoms with Crippen LogP contribution in [0.2, 0.25) is 0 Å². The van der Waals surface area contributed by atoms with Gasteiger partial charge in [0.1, 0.15) is 17.9 Å². The molecule has 1 saturated heterocycles. The van der Waals surface area contributed by atoms with Crippen LogP contribution in [0.5, 0.6) is 5.75 Å². The largest absolute Gasteiger partial charge is 0.495 e. The van der Waals surface area contributed by atoms with Gasteiger partial charge in [0.25, 0.3) is 0 Å². The van der Waals surface area contributed by atoms with Crippen LogP contribution < -0.4 is 4.74 Å². The number of hydrogen-bond acceptors (Lipinski definition) is 7. The van der Waals surface area contributed by atoms with Gasteiger partial charge >= 0.3 is 0 Å². The number of hydrogen-bond donors (Lipinski definition) is 0. The van der Waals surface area contributed by atoms with E-state index in [1.165, 1.54) is 12.8 Å². The zero-order valence-electron chi connectivity index (χ0n) is 15.2. The summed E-state index contributed by atoms with van der Waals surface area (Å²) in [6, 6.07) is 8.03. The molecule has 136 valence electrons. The first-order chi connectivity index (χ1) is 12.7. The van der Waals surface area contributed by atoms with E-state index in [0.29, 0.717) is 17.2 Å². The van der Waals surface area contributed by atoms with E-state index in [9.17, 15) is 0 Å². The SMILES string of the molecule is COc1cc(CN2CCN(C)C(c3nc(C4CC4)no3)C2)ccc1C#N. The van der Waals surface area contributed by atoms with Crippen molar-refractivity contribution in [3.05, 3.63) is 41.0 Å². The monoisotopic (exact) mass is 353 g/mol. The third kappa shape index (κ3) is 3.43. The van der Waals surface area contributed by atoms with E-state index in [2.05, 4.69) is 33.1 Å². The molecule has 7 nitrogen and oxygen atoms in total. The molecule has 1 aromatic carbocycles. The molecule has 2 aromatic rings. The highest BCUT2D eigenvalue weighted by Crippen LogP contribution is 2.39. The first-order valence-corrected chi connectivity index (χ1v) is 9.01. The van der Waals surface area contributed by atoms with Crippen LogP contribution in [-0.4, -0.2) is 53.7 Å². The second-order valence-electron chi connectivity index (χ2n) is 7.14. The molecule has 0 bridgehead atoms. The van der Waals surface area contributed by atoms with Crippen LogP contribution in [0.3, 0.4) is 0 Å². The Morgan fingerprint density at radius 3 is 2.92 bits per heavy atom. The predicted octanol–water partition coefficient (Wildman–Crippen LogP) is 2.32. The average Bonchev–Trinajstić information content (AvgIpc) is 3.40. The van der Waals surface area contributed by atoms with Crippen molar-refractivity contribution < 1.29 is 9.26 Å². The lowest BCUT2D eigenvalue weighted by Crippen LogP contribution is -2.46. The predicted molar refractivity (Wildman–Crippen MR) is 94.6 cm³/mol. The van der Waals surface area contributed by atoms with Gasteiger partial charge in [-0.05, 0) is 37.6 Å². The molecular weight excluding hydrogens is 330 g/mol. The molecule has 7 heteroatoms. The molecule has 1 atom stereocenters. The van der Waals surface area contributed by atoms with Crippen molar-refractivity contribution in [2.75, 3.05) is 33.8 Å². The molecule has 2 aliphatic rings. The summed E-state index contributed by atoms with van der Waals surface area (Å²) >= 11 is 0. The minimum Gasteiger partial charge on any atom is -0.495 e. The molecule has 2 fully saturated rings. The van der Waals surface area contributed by atoms with Crippen molar-refractivity contribution in [1.29, 1.82) is 5.26 Å². The molecule has 1 unspecified atom stereocenters. The van der Waals surface area contributed by atoms with E-state index >= 15 is 0 Å². The van der Waals surface area contributed by atoms with Crippen molar-refractivity contribution >= 4 is 0 Å². The van der Waals surface area contributed by atoms with E-state index in [0.717, 1.165) is 43.5 Å². The summed E-state index contributed by atoms with van der Waals surface area (Å²) in [6.07, 6.45) is 2.35. The van der Waals surface area contributed by atoms with E-state index in [4.69, 9.17) is 14.5 Å². The van der Waals surface area contributed by atoms with Crippen LogP contribution >= 0.6 is 0 Å². The summed E-state index contributed by atoms with van der Waals surface area (Å²) in [5.41, 5.74) is 1.69. The Morgan fingerprint density at radius 1 is 1.35 bits per heavy atom. The van der Waals surface area contributed by atoms with Crippen molar-refractivity contribution in [1.82, 2.24) is 19.9 Å². The van der Waals surface area contributed by atoms with Crippen LogP contribution in [0.1, 0.15) is 47.6 Å². The smallest absolute Gasteiger partial charge is 0.245 e. The highest BCUT2D eigenvalue weighted by molar-refractivity contribution is 5.45. The maximum Gasteiger partial charge on any atom is 0.245 e. The van der Waals surface area contributed by atoms with Crippen LogP contribution in [-0.2, 0) is 6.54 Å². The molecule has 1 saturated carbocycles. The third-order valence-corrected chi connectivity index (χ3v) is 5.21. The number of nitriles is 1. The minimum atomic E-state index is 0.115. The summed E-state index contributed by atoms with van der Waals surface area (Å²) in [5, 5.41) is 13.3. The molecule has 2 heterocycles. The fraction of sp³-hybridized carbons (Fsp3) is 0.526.